The van der Waals surface area contributed by atoms with E-state index in [0.29, 0.717) is 18.2 Å². The molecule has 116 valence electrons. The number of aromatic nitrogens is 7. The molecule has 3 aromatic rings. The zero-order valence-corrected chi connectivity index (χ0v) is 13.5. The molecule has 3 rings (SSSR count). The van der Waals surface area contributed by atoms with Gasteiger partial charge in [0.15, 0.2) is 5.82 Å². The minimum Gasteiger partial charge on any atom is -0.362 e. The van der Waals surface area contributed by atoms with Crippen molar-refractivity contribution >= 4 is 11.6 Å². The third-order valence-corrected chi connectivity index (χ3v) is 3.84. The Balaban J connectivity index is 1.91. The largest absolute Gasteiger partial charge is 0.362 e. The number of hydrogen-bond donors (Lipinski definition) is 1. The summed E-state index contributed by atoms with van der Waals surface area (Å²) in [6, 6.07) is 0. The lowest BCUT2D eigenvalue weighted by Gasteiger charge is -2.12. The van der Waals surface area contributed by atoms with E-state index in [1.165, 1.54) is 6.33 Å². The van der Waals surface area contributed by atoms with Crippen molar-refractivity contribution in [3.63, 3.8) is 0 Å². The fourth-order valence-corrected chi connectivity index (χ4v) is 2.44. The Hall–Kier alpha value is -2.51. The first-order valence-corrected chi connectivity index (χ1v) is 7.28. The van der Waals surface area contributed by atoms with E-state index in [-0.39, 0.29) is 0 Å². The monoisotopic (exact) mass is 300 g/mol. The summed E-state index contributed by atoms with van der Waals surface area (Å²) in [4.78, 5) is 8.56. The quantitative estimate of drug-likeness (QED) is 0.787. The molecule has 0 radical (unpaired) electrons. The highest BCUT2D eigenvalue weighted by molar-refractivity contribution is 5.51. The van der Waals surface area contributed by atoms with E-state index in [1.54, 1.807) is 4.52 Å². The van der Waals surface area contributed by atoms with Crippen molar-refractivity contribution in [1.82, 2.24) is 34.3 Å². The third-order valence-electron chi connectivity index (χ3n) is 3.84. The van der Waals surface area contributed by atoms with Gasteiger partial charge in [0.25, 0.3) is 5.78 Å². The van der Waals surface area contributed by atoms with Crippen LogP contribution in [0.4, 0.5) is 5.82 Å². The number of rotatable bonds is 4. The number of nitrogens with zero attached hydrogens (tertiary/aromatic N) is 7. The van der Waals surface area contributed by atoms with Gasteiger partial charge in [-0.15, -0.1) is 10.2 Å². The van der Waals surface area contributed by atoms with E-state index >= 15 is 0 Å². The molecule has 0 aliphatic carbocycles. The molecule has 0 saturated carbocycles. The molecule has 22 heavy (non-hydrogen) atoms. The normalized spacial score (nSPS) is 11.5. The predicted molar refractivity (Wildman–Crippen MR) is 82.7 cm³/mol. The van der Waals surface area contributed by atoms with Crippen LogP contribution in [0.3, 0.4) is 0 Å². The van der Waals surface area contributed by atoms with Gasteiger partial charge in [0.05, 0.1) is 6.54 Å². The van der Waals surface area contributed by atoms with E-state index < -0.39 is 0 Å². The highest BCUT2D eigenvalue weighted by Crippen LogP contribution is 2.19. The maximum Gasteiger partial charge on any atom is 0.254 e. The van der Waals surface area contributed by atoms with Crippen molar-refractivity contribution in [3.05, 3.63) is 29.2 Å². The molecule has 0 fully saturated rings. The van der Waals surface area contributed by atoms with Crippen LogP contribution in [0.2, 0.25) is 0 Å². The van der Waals surface area contributed by atoms with Crippen LogP contribution in [0.15, 0.2) is 6.33 Å². The first-order valence-electron chi connectivity index (χ1n) is 7.28. The van der Waals surface area contributed by atoms with E-state index in [4.69, 9.17) is 0 Å². The Morgan fingerprint density at radius 1 is 1.23 bits per heavy atom. The van der Waals surface area contributed by atoms with Gasteiger partial charge in [0, 0.05) is 24.2 Å². The second kappa shape index (κ2) is 5.36. The topological polar surface area (TPSA) is 85.8 Å². The van der Waals surface area contributed by atoms with Crippen LogP contribution in [-0.4, -0.2) is 34.3 Å². The smallest absolute Gasteiger partial charge is 0.254 e. The van der Waals surface area contributed by atoms with Gasteiger partial charge in [-0.25, -0.2) is 4.98 Å². The van der Waals surface area contributed by atoms with Gasteiger partial charge in [-0.3, -0.25) is 0 Å². The molecule has 0 aromatic carbocycles. The zero-order valence-electron chi connectivity index (χ0n) is 13.5. The van der Waals surface area contributed by atoms with Crippen molar-refractivity contribution in [1.29, 1.82) is 0 Å². The lowest BCUT2D eigenvalue weighted by Crippen LogP contribution is -2.13. The Morgan fingerprint density at radius 2 is 2.00 bits per heavy atom. The summed E-state index contributed by atoms with van der Waals surface area (Å²) < 4.78 is 3.74. The fourth-order valence-electron chi connectivity index (χ4n) is 2.44. The van der Waals surface area contributed by atoms with Gasteiger partial charge in [0.1, 0.15) is 18.0 Å². The molecule has 1 N–H and O–H groups in total. The van der Waals surface area contributed by atoms with E-state index in [2.05, 4.69) is 44.4 Å². The summed E-state index contributed by atoms with van der Waals surface area (Å²) in [6.45, 7) is 8.76. The first-order chi connectivity index (χ1) is 10.5. The number of fused-ring (bicyclic) bond motifs is 1. The number of anilines is 1. The van der Waals surface area contributed by atoms with Crippen LogP contribution in [0, 0.1) is 13.8 Å². The fraction of sp³-hybridized carbons (Fsp3) is 0.500. The SMILES string of the molecule is Cc1nc2ncnn2c(NCc2nnc(C(C)C)n2C)c1C. The molecule has 0 saturated heterocycles. The molecule has 0 aliphatic rings. The van der Waals surface area contributed by atoms with Gasteiger partial charge in [0.2, 0.25) is 0 Å². The standard InChI is InChI=1S/C14H20N8/c1-8(2)12-20-19-11(21(12)5)6-15-13-9(3)10(4)18-14-16-7-17-22(13)14/h7-8,15H,6H2,1-5H3. The second-order valence-electron chi connectivity index (χ2n) is 5.68. The van der Waals surface area contributed by atoms with Gasteiger partial charge >= 0.3 is 0 Å². The molecule has 0 amide bonds. The third kappa shape index (κ3) is 2.30. The van der Waals surface area contributed by atoms with Gasteiger partial charge in [-0.2, -0.15) is 14.6 Å². The number of nitrogens with one attached hydrogen (secondary N) is 1. The van der Waals surface area contributed by atoms with Gasteiger partial charge in [-0.1, -0.05) is 13.8 Å². The maximum absolute atomic E-state index is 4.41. The predicted octanol–water partition coefficient (Wildman–Crippen LogP) is 1.61. The average Bonchev–Trinajstić information content (AvgIpc) is 3.06. The lowest BCUT2D eigenvalue weighted by atomic mass is 10.2. The Labute approximate surface area is 128 Å². The second-order valence-corrected chi connectivity index (χ2v) is 5.68. The molecule has 0 aliphatic heterocycles. The summed E-state index contributed by atoms with van der Waals surface area (Å²) in [5.74, 6) is 3.68. The molecule has 3 aromatic heterocycles. The summed E-state index contributed by atoms with van der Waals surface area (Å²) in [6.07, 6.45) is 1.51. The van der Waals surface area contributed by atoms with Crippen LogP contribution in [-0.2, 0) is 13.6 Å². The minimum absolute atomic E-state index is 0.346. The Kier molecular flexibility index (Phi) is 3.51. The van der Waals surface area contributed by atoms with Crippen molar-refractivity contribution in [2.45, 2.75) is 40.2 Å². The Morgan fingerprint density at radius 3 is 2.68 bits per heavy atom. The molecule has 8 heteroatoms. The van der Waals surface area contributed by atoms with Crippen molar-refractivity contribution in [2.75, 3.05) is 5.32 Å². The first kappa shape index (κ1) is 14.4. The van der Waals surface area contributed by atoms with Crippen LogP contribution < -0.4 is 5.32 Å². The molecule has 0 atom stereocenters. The summed E-state index contributed by atoms with van der Waals surface area (Å²) in [5, 5.41) is 16.1. The summed E-state index contributed by atoms with van der Waals surface area (Å²) in [7, 11) is 1.99. The lowest BCUT2D eigenvalue weighted by molar-refractivity contribution is 0.691. The molecular formula is C14H20N8. The van der Waals surface area contributed by atoms with Crippen LogP contribution in [0.25, 0.3) is 5.78 Å². The minimum atomic E-state index is 0.346. The van der Waals surface area contributed by atoms with Crippen molar-refractivity contribution < 1.29 is 0 Å². The van der Waals surface area contributed by atoms with E-state index in [9.17, 15) is 0 Å². The Bertz CT molecular complexity index is 814. The van der Waals surface area contributed by atoms with Crippen LogP contribution >= 0.6 is 0 Å². The highest BCUT2D eigenvalue weighted by Gasteiger charge is 2.14. The van der Waals surface area contributed by atoms with Crippen LogP contribution in [0.1, 0.15) is 42.7 Å². The van der Waals surface area contributed by atoms with Crippen molar-refractivity contribution in [2.24, 2.45) is 7.05 Å². The zero-order chi connectivity index (χ0) is 15.9. The highest BCUT2D eigenvalue weighted by atomic mass is 15.4. The number of aryl methyl sites for hydroxylation is 1. The summed E-state index contributed by atoms with van der Waals surface area (Å²) >= 11 is 0. The maximum atomic E-state index is 4.41. The molecule has 0 spiro atoms. The van der Waals surface area contributed by atoms with Crippen molar-refractivity contribution in [3.8, 4) is 0 Å². The van der Waals surface area contributed by atoms with Gasteiger partial charge < -0.3 is 9.88 Å². The van der Waals surface area contributed by atoms with E-state index in [1.807, 2.05) is 25.5 Å². The molecule has 0 unspecified atom stereocenters. The van der Waals surface area contributed by atoms with Crippen LogP contribution in [0.5, 0.6) is 0 Å². The molecular weight excluding hydrogens is 280 g/mol. The molecule has 8 nitrogen and oxygen atoms in total. The van der Waals surface area contributed by atoms with E-state index in [0.717, 1.165) is 28.7 Å². The van der Waals surface area contributed by atoms with Gasteiger partial charge in [-0.05, 0) is 13.8 Å². The molecule has 3 heterocycles. The average molecular weight is 300 g/mol. The molecule has 0 bridgehead atoms. The summed E-state index contributed by atoms with van der Waals surface area (Å²) in [5.41, 5.74) is 1.98. The number of hydrogen-bond acceptors (Lipinski definition) is 6.